The number of rotatable bonds is 5. The van der Waals surface area contributed by atoms with Gasteiger partial charge in [0.15, 0.2) is 0 Å². The Labute approximate surface area is 85.1 Å². The minimum Gasteiger partial charge on any atom is -0.460 e. The van der Waals surface area contributed by atoms with E-state index in [0.717, 1.165) is 6.08 Å². The molecule has 0 heterocycles. The molecule has 0 aliphatic carbocycles. The molecule has 0 bridgehead atoms. The van der Waals surface area contributed by atoms with Crippen LogP contribution in [0.15, 0.2) is 12.7 Å². The van der Waals surface area contributed by atoms with Crippen LogP contribution in [-0.4, -0.2) is 30.8 Å². The Morgan fingerprint density at radius 2 is 2.14 bits per heavy atom. The Hall–Kier alpha value is -0.870. The number of hydrogen-bond acceptors (Lipinski definition) is 4. The van der Waals surface area contributed by atoms with Gasteiger partial charge in [-0.05, 0) is 20.8 Å². The lowest BCUT2D eigenvalue weighted by Crippen LogP contribution is -2.36. The van der Waals surface area contributed by atoms with Crippen LogP contribution in [0.1, 0.15) is 20.8 Å². The highest BCUT2D eigenvalue weighted by Crippen LogP contribution is 2.10. The fourth-order valence-corrected chi connectivity index (χ4v) is 0.884. The lowest BCUT2D eigenvalue weighted by Gasteiger charge is -2.26. The van der Waals surface area contributed by atoms with E-state index in [1.807, 2.05) is 20.8 Å². The van der Waals surface area contributed by atoms with Crippen molar-refractivity contribution < 1.29 is 14.3 Å². The molecular formula is C10H19NO3. The van der Waals surface area contributed by atoms with Crippen LogP contribution in [0.5, 0.6) is 0 Å². The van der Waals surface area contributed by atoms with E-state index >= 15 is 0 Å². The van der Waals surface area contributed by atoms with Gasteiger partial charge < -0.3 is 15.2 Å². The Morgan fingerprint density at radius 1 is 1.57 bits per heavy atom. The van der Waals surface area contributed by atoms with Gasteiger partial charge in [-0.15, -0.1) is 0 Å². The van der Waals surface area contributed by atoms with Crippen LogP contribution in [-0.2, 0) is 14.3 Å². The van der Waals surface area contributed by atoms with E-state index in [2.05, 4.69) is 6.58 Å². The first-order valence-corrected chi connectivity index (χ1v) is 4.56. The number of esters is 1. The first-order chi connectivity index (χ1) is 6.39. The van der Waals surface area contributed by atoms with Crippen molar-refractivity contribution in [3.05, 3.63) is 12.7 Å². The highest BCUT2D eigenvalue weighted by molar-refractivity contribution is 5.81. The van der Waals surface area contributed by atoms with Crippen LogP contribution in [0.4, 0.5) is 0 Å². The SMILES string of the molecule is C=CC(=O)OCC(CN)OC(C)(C)C. The lowest BCUT2D eigenvalue weighted by atomic mass is 10.2. The first-order valence-electron chi connectivity index (χ1n) is 4.56. The molecule has 0 aromatic heterocycles. The molecule has 0 aliphatic heterocycles. The molecule has 0 rings (SSSR count). The second-order valence-electron chi connectivity index (χ2n) is 3.92. The van der Waals surface area contributed by atoms with Gasteiger partial charge in [-0.25, -0.2) is 4.79 Å². The van der Waals surface area contributed by atoms with Crippen molar-refractivity contribution in [2.24, 2.45) is 5.73 Å². The van der Waals surface area contributed by atoms with Gasteiger partial charge in [-0.2, -0.15) is 0 Å². The summed E-state index contributed by atoms with van der Waals surface area (Å²) in [5.41, 5.74) is 5.18. The van der Waals surface area contributed by atoms with Crippen molar-refractivity contribution in [1.29, 1.82) is 0 Å². The molecule has 0 amide bonds. The van der Waals surface area contributed by atoms with E-state index in [1.165, 1.54) is 0 Å². The molecule has 14 heavy (non-hydrogen) atoms. The van der Waals surface area contributed by atoms with Gasteiger partial charge in [0.1, 0.15) is 12.7 Å². The van der Waals surface area contributed by atoms with Crippen LogP contribution in [0.2, 0.25) is 0 Å². The van der Waals surface area contributed by atoms with Gasteiger partial charge >= 0.3 is 5.97 Å². The monoisotopic (exact) mass is 201 g/mol. The number of hydrogen-bond donors (Lipinski definition) is 1. The van der Waals surface area contributed by atoms with Crippen LogP contribution >= 0.6 is 0 Å². The molecule has 4 heteroatoms. The molecule has 4 nitrogen and oxygen atoms in total. The van der Waals surface area contributed by atoms with Gasteiger partial charge in [-0.3, -0.25) is 0 Å². The van der Waals surface area contributed by atoms with Crippen LogP contribution in [0, 0.1) is 0 Å². The molecule has 0 spiro atoms. The third-order valence-corrected chi connectivity index (χ3v) is 1.36. The van der Waals surface area contributed by atoms with Gasteiger partial charge in [0.05, 0.1) is 5.60 Å². The van der Waals surface area contributed by atoms with E-state index in [4.69, 9.17) is 15.2 Å². The molecular weight excluding hydrogens is 182 g/mol. The fraction of sp³-hybridized carbons (Fsp3) is 0.700. The molecule has 0 aliphatic rings. The van der Waals surface area contributed by atoms with E-state index in [9.17, 15) is 4.79 Å². The summed E-state index contributed by atoms with van der Waals surface area (Å²) in [5, 5.41) is 0. The first kappa shape index (κ1) is 13.1. The Balaban J connectivity index is 3.91. The van der Waals surface area contributed by atoms with Crippen LogP contribution < -0.4 is 5.73 Å². The molecule has 0 saturated heterocycles. The fourth-order valence-electron chi connectivity index (χ4n) is 0.884. The molecule has 0 aromatic rings. The third-order valence-electron chi connectivity index (χ3n) is 1.36. The average molecular weight is 201 g/mol. The van der Waals surface area contributed by atoms with Gasteiger partial charge in [0.25, 0.3) is 0 Å². The van der Waals surface area contributed by atoms with Crippen molar-refractivity contribution in [1.82, 2.24) is 0 Å². The molecule has 0 radical (unpaired) electrons. The van der Waals surface area contributed by atoms with E-state index in [-0.39, 0.29) is 18.3 Å². The van der Waals surface area contributed by atoms with Crippen molar-refractivity contribution in [3.8, 4) is 0 Å². The summed E-state index contributed by atoms with van der Waals surface area (Å²) in [4.78, 5) is 10.8. The van der Waals surface area contributed by atoms with E-state index in [0.29, 0.717) is 6.54 Å². The summed E-state index contributed by atoms with van der Waals surface area (Å²) in [6.45, 7) is 9.54. The van der Waals surface area contributed by atoms with Gasteiger partial charge in [0, 0.05) is 12.6 Å². The predicted molar refractivity (Wildman–Crippen MR) is 54.8 cm³/mol. The number of ether oxygens (including phenoxy) is 2. The summed E-state index contributed by atoms with van der Waals surface area (Å²) in [6.07, 6.45) is 0.851. The largest absolute Gasteiger partial charge is 0.460 e. The summed E-state index contributed by atoms with van der Waals surface area (Å²) in [5.74, 6) is -0.457. The normalized spacial score (nSPS) is 13.4. The second kappa shape index (κ2) is 5.78. The average Bonchev–Trinajstić information content (AvgIpc) is 2.09. The highest BCUT2D eigenvalue weighted by atomic mass is 16.6. The Morgan fingerprint density at radius 3 is 2.50 bits per heavy atom. The van der Waals surface area contributed by atoms with Crippen LogP contribution in [0.3, 0.4) is 0 Å². The maximum absolute atomic E-state index is 10.8. The highest BCUT2D eigenvalue weighted by Gasteiger charge is 2.18. The summed E-state index contributed by atoms with van der Waals surface area (Å²) >= 11 is 0. The van der Waals surface area contributed by atoms with Crippen molar-refractivity contribution >= 4 is 5.97 Å². The Kier molecular flexibility index (Phi) is 5.42. The smallest absolute Gasteiger partial charge is 0.330 e. The number of carbonyl (C=O) groups excluding carboxylic acids is 1. The predicted octanol–water partition coefficient (Wildman–Crippen LogP) is 0.858. The molecule has 1 atom stereocenters. The molecule has 82 valence electrons. The van der Waals surface area contributed by atoms with Gasteiger partial charge in [-0.1, -0.05) is 6.58 Å². The van der Waals surface area contributed by atoms with E-state index in [1.54, 1.807) is 0 Å². The zero-order valence-corrected chi connectivity index (χ0v) is 9.08. The molecule has 2 N–H and O–H groups in total. The molecule has 0 aromatic carbocycles. The van der Waals surface area contributed by atoms with Crippen LogP contribution in [0.25, 0.3) is 0 Å². The summed E-state index contributed by atoms with van der Waals surface area (Å²) < 4.78 is 10.4. The Bertz CT molecular complexity index is 196. The quantitative estimate of drug-likeness (QED) is 0.529. The number of nitrogens with two attached hydrogens (primary N) is 1. The van der Waals surface area contributed by atoms with E-state index < -0.39 is 5.97 Å². The van der Waals surface area contributed by atoms with Crippen molar-refractivity contribution in [2.75, 3.05) is 13.2 Å². The zero-order valence-electron chi connectivity index (χ0n) is 9.08. The lowest BCUT2D eigenvalue weighted by molar-refractivity contribution is -0.146. The molecule has 0 saturated carbocycles. The minimum atomic E-state index is -0.457. The van der Waals surface area contributed by atoms with Crippen molar-refractivity contribution in [3.63, 3.8) is 0 Å². The van der Waals surface area contributed by atoms with Gasteiger partial charge in [0.2, 0.25) is 0 Å². The topological polar surface area (TPSA) is 61.5 Å². The third kappa shape index (κ3) is 6.62. The molecule has 1 unspecified atom stereocenters. The number of carbonyl (C=O) groups is 1. The standard InChI is InChI=1S/C10H19NO3/c1-5-9(12)13-7-8(6-11)14-10(2,3)4/h5,8H,1,6-7,11H2,2-4H3. The maximum Gasteiger partial charge on any atom is 0.330 e. The zero-order chi connectivity index (χ0) is 11.2. The summed E-state index contributed by atoms with van der Waals surface area (Å²) in [7, 11) is 0. The minimum absolute atomic E-state index is 0.165. The maximum atomic E-state index is 10.8. The summed E-state index contributed by atoms with van der Waals surface area (Å²) in [6, 6.07) is 0. The van der Waals surface area contributed by atoms with Crippen molar-refractivity contribution in [2.45, 2.75) is 32.5 Å². The molecule has 0 fully saturated rings. The second-order valence-corrected chi connectivity index (χ2v) is 3.92.